The van der Waals surface area contributed by atoms with Crippen molar-refractivity contribution in [3.8, 4) is 0 Å². The molecule has 0 aliphatic heterocycles. The zero-order valence-corrected chi connectivity index (χ0v) is 18.5. The fourth-order valence-corrected chi connectivity index (χ4v) is 3.75. The highest BCUT2D eigenvalue weighted by Crippen LogP contribution is 2.44. The van der Waals surface area contributed by atoms with Crippen molar-refractivity contribution >= 4 is 11.9 Å². The zero-order valence-electron chi connectivity index (χ0n) is 18.5. The lowest BCUT2D eigenvalue weighted by molar-refractivity contribution is -0.180. The average molecular weight is 401 g/mol. The van der Waals surface area contributed by atoms with Gasteiger partial charge in [-0.2, -0.15) is 0 Å². The van der Waals surface area contributed by atoms with Crippen molar-refractivity contribution in [1.29, 1.82) is 0 Å². The van der Waals surface area contributed by atoms with E-state index in [0.29, 0.717) is 12.8 Å². The molecule has 0 saturated carbocycles. The van der Waals surface area contributed by atoms with E-state index in [9.17, 15) is 9.59 Å². The van der Waals surface area contributed by atoms with Crippen LogP contribution in [0.25, 0.3) is 0 Å². The molecule has 1 aromatic carbocycles. The van der Waals surface area contributed by atoms with Crippen LogP contribution >= 0.6 is 0 Å². The Bertz CT molecular complexity index is 832. The van der Waals surface area contributed by atoms with Gasteiger partial charge in [0.05, 0.1) is 6.33 Å². The summed E-state index contributed by atoms with van der Waals surface area (Å²) in [7, 11) is 0. The van der Waals surface area contributed by atoms with Gasteiger partial charge in [0.25, 0.3) is 0 Å². The van der Waals surface area contributed by atoms with Crippen LogP contribution in [0.4, 0.5) is 0 Å². The lowest BCUT2D eigenvalue weighted by Gasteiger charge is -2.41. The summed E-state index contributed by atoms with van der Waals surface area (Å²) in [5.74, 6) is -0.902. The van der Waals surface area contributed by atoms with Gasteiger partial charge < -0.3 is 14.0 Å². The van der Waals surface area contributed by atoms with Gasteiger partial charge in [-0.05, 0) is 52.2 Å². The Hall–Kier alpha value is -2.63. The monoisotopic (exact) mass is 400 g/mol. The van der Waals surface area contributed by atoms with Crippen LogP contribution in [0.1, 0.15) is 70.3 Å². The lowest BCUT2D eigenvalue weighted by Crippen LogP contribution is -2.51. The molecule has 0 aliphatic carbocycles. The molecule has 0 saturated heterocycles. The molecule has 0 N–H and O–H groups in total. The summed E-state index contributed by atoms with van der Waals surface area (Å²) in [6.07, 6.45) is 5.17. The van der Waals surface area contributed by atoms with Crippen molar-refractivity contribution in [1.82, 2.24) is 9.55 Å². The summed E-state index contributed by atoms with van der Waals surface area (Å²) in [6.45, 7) is 12.8. The number of aromatic nitrogens is 2. The second kappa shape index (κ2) is 8.80. The van der Waals surface area contributed by atoms with Gasteiger partial charge >= 0.3 is 11.9 Å². The van der Waals surface area contributed by atoms with E-state index < -0.39 is 29.2 Å². The molecule has 0 spiro atoms. The lowest BCUT2D eigenvalue weighted by atomic mass is 9.80. The number of hydrogen-bond donors (Lipinski definition) is 0. The Morgan fingerprint density at radius 2 is 1.79 bits per heavy atom. The first-order chi connectivity index (χ1) is 13.5. The summed E-state index contributed by atoms with van der Waals surface area (Å²) in [4.78, 5) is 30.1. The van der Waals surface area contributed by atoms with E-state index in [1.807, 2.05) is 59.7 Å². The molecule has 6 heteroatoms. The van der Waals surface area contributed by atoms with Gasteiger partial charge in [0, 0.05) is 24.9 Å². The van der Waals surface area contributed by atoms with Crippen LogP contribution in [-0.4, -0.2) is 27.1 Å². The maximum Gasteiger partial charge on any atom is 0.337 e. The predicted octanol–water partition coefficient (Wildman–Crippen LogP) is 4.64. The molecule has 1 heterocycles. The quantitative estimate of drug-likeness (QED) is 0.633. The van der Waals surface area contributed by atoms with E-state index in [1.54, 1.807) is 23.3 Å². The van der Waals surface area contributed by atoms with Crippen molar-refractivity contribution < 1.29 is 19.1 Å². The predicted molar refractivity (Wildman–Crippen MR) is 111 cm³/mol. The van der Waals surface area contributed by atoms with Gasteiger partial charge in [-0.3, -0.25) is 4.79 Å². The summed E-state index contributed by atoms with van der Waals surface area (Å²) < 4.78 is 13.5. The smallest absolute Gasteiger partial charge is 0.337 e. The van der Waals surface area contributed by atoms with Gasteiger partial charge in [-0.1, -0.05) is 31.5 Å². The van der Waals surface area contributed by atoms with Gasteiger partial charge in [-0.25, -0.2) is 9.78 Å². The minimum absolute atomic E-state index is 0.421. The molecule has 0 fully saturated rings. The summed E-state index contributed by atoms with van der Waals surface area (Å²) in [5.41, 5.74) is 0.732. The maximum absolute atomic E-state index is 13.7. The minimum Gasteiger partial charge on any atom is -0.458 e. The highest BCUT2D eigenvalue weighted by Gasteiger charge is 2.52. The van der Waals surface area contributed by atoms with E-state index in [0.717, 1.165) is 16.7 Å². The summed E-state index contributed by atoms with van der Waals surface area (Å²) >= 11 is 0. The van der Waals surface area contributed by atoms with Crippen molar-refractivity contribution in [3.05, 3.63) is 53.6 Å². The van der Waals surface area contributed by atoms with Crippen molar-refractivity contribution in [2.24, 2.45) is 0 Å². The first-order valence-corrected chi connectivity index (χ1v) is 9.98. The number of benzene rings is 1. The maximum atomic E-state index is 13.7. The molecule has 0 radical (unpaired) electrons. The van der Waals surface area contributed by atoms with E-state index >= 15 is 0 Å². The number of hydrogen-bond acceptors (Lipinski definition) is 5. The largest absolute Gasteiger partial charge is 0.458 e. The molecule has 6 nitrogen and oxygen atoms in total. The van der Waals surface area contributed by atoms with Gasteiger partial charge in [0.15, 0.2) is 11.6 Å². The molecule has 2 rings (SSSR count). The molecular formula is C23H32N2O4. The molecule has 2 atom stereocenters. The SMILES string of the molecule is CCCC(C(=O)OC(C)(C)C)(C(OC(C)=O)c1c(C)cccc1C)n1ccnc1. The van der Waals surface area contributed by atoms with Crippen molar-refractivity contribution in [2.45, 2.75) is 78.6 Å². The van der Waals surface area contributed by atoms with Crippen LogP contribution in [0.2, 0.25) is 0 Å². The molecular weight excluding hydrogens is 368 g/mol. The van der Waals surface area contributed by atoms with Gasteiger partial charge in [-0.15, -0.1) is 0 Å². The normalized spacial score (nSPS) is 14.7. The third-order valence-electron chi connectivity index (χ3n) is 4.87. The number of ether oxygens (including phenoxy) is 2. The van der Waals surface area contributed by atoms with Crippen LogP contribution in [0.15, 0.2) is 36.9 Å². The number of aryl methyl sites for hydroxylation is 2. The van der Waals surface area contributed by atoms with Crippen LogP contribution in [-0.2, 0) is 24.6 Å². The van der Waals surface area contributed by atoms with E-state index in [-0.39, 0.29) is 0 Å². The number of nitrogens with zero attached hydrogens (tertiary/aromatic N) is 2. The highest BCUT2D eigenvalue weighted by molar-refractivity contribution is 5.81. The molecule has 0 amide bonds. The molecule has 1 aromatic heterocycles. The number of carbonyl (C=O) groups is 2. The molecule has 0 bridgehead atoms. The van der Waals surface area contributed by atoms with E-state index in [4.69, 9.17) is 9.47 Å². The summed E-state index contributed by atoms with van der Waals surface area (Å²) in [5, 5.41) is 0. The van der Waals surface area contributed by atoms with Crippen molar-refractivity contribution in [2.75, 3.05) is 0 Å². The van der Waals surface area contributed by atoms with Crippen LogP contribution in [0.5, 0.6) is 0 Å². The van der Waals surface area contributed by atoms with Crippen molar-refractivity contribution in [3.63, 3.8) is 0 Å². The van der Waals surface area contributed by atoms with E-state index in [2.05, 4.69) is 4.98 Å². The first-order valence-electron chi connectivity index (χ1n) is 9.98. The Labute approximate surface area is 173 Å². The molecule has 2 unspecified atom stereocenters. The zero-order chi connectivity index (χ0) is 21.8. The average Bonchev–Trinajstić information content (AvgIpc) is 3.11. The minimum atomic E-state index is -1.28. The Kier molecular flexibility index (Phi) is 6.88. The molecule has 2 aromatic rings. The van der Waals surface area contributed by atoms with Crippen LogP contribution < -0.4 is 0 Å². The highest BCUT2D eigenvalue weighted by atomic mass is 16.6. The Morgan fingerprint density at radius 3 is 2.24 bits per heavy atom. The standard InChI is InChI=1S/C23H32N2O4/c1-8-12-23(25-14-13-24-15-25,21(27)29-22(5,6)7)20(28-18(4)26)19-16(2)10-9-11-17(19)3/h9-11,13-15,20H,8,12H2,1-7H3. The Balaban J connectivity index is 2.83. The summed E-state index contributed by atoms with van der Waals surface area (Å²) in [6, 6.07) is 5.86. The molecule has 29 heavy (non-hydrogen) atoms. The first kappa shape index (κ1) is 22.7. The number of carbonyl (C=O) groups excluding carboxylic acids is 2. The Morgan fingerprint density at radius 1 is 1.17 bits per heavy atom. The molecule has 158 valence electrons. The third kappa shape index (κ3) is 4.86. The number of esters is 2. The second-order valence-electron chi connectivity index (χ2n) is 8.44. The van der Waals surface area contributed by atoms with Crippen LogP contribution in [0, 0.1) is 13.8 Å². The third-order valence-corrected chi connectivity index (χ3v) is 4.87. The van der Waals surface area contributed by atoms with Crippen LogP contribution in [0.3, 0.4) is 0 Å². The fraction of sp³-hybridized carbons (Fsp3) is 0.522. The molecule has 0 aliphatic rings. The van der Waals surface area contributed by atoms with Gasteiger partial charge in [0.1, 0.15) is 5.60 Å². The fourth-order valence-electron chi connectivity index (χ4n) is 3.75. The number of imidazole rings is 1. The second-order valence-corrected chi connectivity index (χ2v) is 8.44. The van der Waals surface area contributed by atoms with Gasteiger partial charge in [0.2, 0.25) is 0 Å². The topological polar surface area (TPSA) is 70.4 Å². The van der Waals surface area contributed by atoms with E-state index in [1.165, 1.54) is 6.92 Å². The number of rotatable bonds is 7.